The minimum Gasteiger partial charge on any atom is -0.395 e. The highest BCUT2D eigenvalue weighted by molar-refractivity contribution is 5.94. The van der Waals surface area contributed by atoms with Crippen LogP contribution in [0.2, 0.25) is 0 Å². The lowest BCUT2D eigenvalue weighted by molar-refractivity contribution is 0.0953. The number of aliphatic hydroxyl groups excluding tert-OH is 1. The quantitative estimate of drug-likeness (QED) is 0.618. The maximum Gasteiger partial charge on any atom is 0.251 e. The average Bonchev–Trinajstić information content (AvgIpc) is 2.41. The first-order valence-corrected chi connectivity index (χ1v) is 6.51. The van der Waals surface area contributed by atoms with Crippen molar-refractivity contribution < 1.29 is 9.90 Å². The van der Waals surface area contributed by atoms with Gasteiger partial charge < -0.3 is 15.7 Å². The Kier molecular flexibility index (Phi) is 6.87. The summed E-state index contributed by atoms with van der Waals surface area (Å²) >= 11 is 0. The van der Waals surface area contributed by atoms with Gasteiger partial charge in [0.15, 0.2) is 0 Å². The number of hydrogen-bond donors (Lipinski definition) is 3. The van der Waals surface area contributed by atoms with Gasteiger partial charge in [0.1, 0.15) is 0 Å². The van der Waals surface area contributed by atoms with Gasteiger partial charge in [-0.1, -0.05) is 19.8 Å². The molecule has 0 aliphatic carbocycles. The molecule has 0 heterocycles. The Labute approximate surface area is 108 Å². The van der Waals surface area contributed by atoms with Gasteiger partial charge in [-0.3, -0.25) is 4.79 Å². The molecule has 1 aromatic carbocycles. The summed E-state index contributed by atoms with van der Waals surface area (Å²) in [4.78, 5) is 11.8. The van der Waals surface area contributed by atoms with Crippen molar-refractivity contribution >= 4 is 11.6 Å². The second kappa shape index (κ2) is 8.53. The number of unbranched alkanes of at least 4 members (excludes halogenated alkanes) is 2. The van der Waals surface area contributed by atoms with Gasteiger partial charge in [-0.2, -0.15) is 0 Å². The predicted octanol–water partition coefficient (Wildman–Crippen LogP) is 2.01. The summed E-state index contributed by atoms with van der Waals surface area (Å²) in [6.07, 6.45) is 3.32. The number of aliphatic hydroxyl groups is 1. The minimum absolute atomic E-state index is 0.0280. The Bertz CT molecular complexity index is 349. The van der Waals surface area contributed by atoms with Gasteiger partial charge in [0.2, 0.25) is 0 Å². The van der Waals surface area contributed by atoms with Gasteiger partial charge in [-0.25, -0.2) is 0 Å². The van der Waals surface area contributed by atoms with Gasteiger partial charge >= 0.3 is 0 Å². The highest BCUT2D eigenvalue weighted by atomic mass is 16.3. The molecule has 0 radical (unpaired) electrons. The van der Waals surface area contributed by atoms with E-state index in [2.05, 4.69) is 17.6 Å². The molecule has 0 aliphatic rings. The van der Waals surface area contributed by atoms with Crippen molar-refractivity contribution in [2.45, 2.75) is 26.2 Å². The second-order valence-corrected chi connectivity index (χ2v) is 4.19. The largest absolute Gasteiger partial charge is 0.395 e. The number of anilines is 1. The summed E-state index contributed by atoms with van der Waals surface area (Å²) in [6, 6.07) is 7.26. The monoisotopic (exact) mass is 250 g/mol. The average molecular weight is 250 g/mol. The smallest absolute Gasteiger partial charge is 0.251 e. The fourth-order valence-corrected chi connectivity index (χ4v) is 1.62. The van der Waals surface area contributed by atoms with Gasteiger partial charge in [0.05, 0.1) is 6.61 Å². The first-order chi connectivity index (χ1) is 8.77. The summed E-state index contributed by atoms with van der Waals surface area (Å²) in [6.45, 7) is 3.49. The van der Waals surface area contributed by atoms with Crippen LogP contribution in [0.15, 0.2) is 24.3 Å². The Morgan fingerprint density at radius 3 is 2.50 bits per heavy atom. The molecule has 4 heteroatoms. The third-order valence-electron chi connectivity index (χ3n) is 2.65. The Morgan fingerprint density at radius 2 is 1.89 bits per heavy atom. The van der Waals surface area contributed by atoms with Crippen LogP contribution in [0.25, 0.3) is 0 Å². The minimum atomic E-state index is -0.0280. The Morgan fingerprint density at radius 1 is 1.17 bits per heavy atom. The standard InChI is InChI=1S/C14H22N2O2/c1-2-3-4-9-16-14(18)12-5-7-13(8-6-12)15-10-11-17/h5-8,15,17H,2-4,9-11H2,1H3,(H,16,18). The summed E-state index contributed by atoms with van der Waals surface area (Å²) in [5.74, 6) is -0.0280. The van der Waals surface area contributed by atoms with Crippen molar-refractivity contribution in [3.05, 3.63) is 29.8 Å². The highest BCUT2D eigenvalue weighted by Gasteiger charge is 2.03. The molecule has 0 atom stereocenters. The molecule has 1 amide bonds. The number of rotatable bonds is 8. The summed E-state index contributed by atoms with van der Waals surface area (Å²) < 4.78 is 0. The Hall–Kier alpha value is -1.55. The van der Waals surface area contributed by atoms with E-state index in [1.807, 2.05) is 12.1 Å². The van der Waals surface area contributed by atoms with Crippen LogP contribution in [0.1, 0.15) is 36.5 Å². The second-order valence-electron chi connectivity index (χ2n) is 4.19. The van der Waals surface area contributed by atoms with E-state index >= 15 is 0 Å². The van der Waals surface area contributed by atoms with E-state index in [0.717, 1.165) is 31.5 Å². The summed E-state index contributed by atoms with van der Waals surface area (Å²) in [5.41, 5.74) is 1.58. The molecule has 4 nitrogen and oxygen atoms in total. The van der Waals surface area contributed by atoms with Gasteiger partial charge in [0.25, 0.3) is 5.91 Å². The molecule has 0 aromatic heterocycles. The number of benzene rings is 1. The maximum absolute atomic E-state index is 11.8. The number of carbonyl (C=O) groups is 1. The maximum atomic E-state index is 11.8. The molecule has 18 heavy (non-hydrogen) atoms. The van der Waals surface area contributed by atoms with Crippen molar-refractivity contribution in [1.82, 2.24) is 5.32 Å². The zero-order chi connectivity index (χ0) is 13.2. The molecule has 0 saturated carbocycles. The van der Waals surface area contributed by atoms with Crippen LogP contribution in [0.3, 0.4) is 0 Å². The van der Waals surface area contributed by atoms with Crippen LogP contribution in [0, 0.1) is 0 Å². The van der Waals surface area contributed by atoms with E-state index in [9.17, 15) is 4.79 Å². The van der Waals surface area contributed by atoms with E-state index in [1.165, 1.54) is 0 Å². The van der Waals surface area contributed by atoms with Crippen molar-refractivity contribution in [2.75, 3.05) is 25.0 Å². The van der Waals surface area contributed by atoms with E-state index in [1.54, 1.807) is 12.1 Å². The van der Waals surface area contributed by atoms with Crippen LogP contribution >= 0.6 is 0 Å². The molecular formula is C14H22N2O2. The van der Waals surface area contributed by atoms with E-state index in [4.69, 9.17) is 5.11 Å². The lowest BCUT2D eigenvalue weighted by atomic mass is 10.2. The van der Waals surface area contributed by atoms with E-state index < -0.39 is 0 Å². The van der Waals surface area contributed by atoms with E-state index in [-0.39, 0.29) is 12.5 Å². The fraction of sp³-hybridized carbons (Fsp3) is 0.500. The molecule has 3 N–H and O–H groups in total. The van der Waals surface area contributed by atoms with Crippen LogP contribution < -0.4 is 10.6 Å². The molecule has 0 unspecified atom stereocenters. The van der Waals surface area contributed by atoms with Gasteiger partial charge in [-0.15, -0.1) is 0 Å². The van der Waals surface area contributed by atoms with Crippen LogP contribution in [0.4, 0.5) is 5.69 Å². The molecule has 0 fully saturated rings. The van der Waals surface area contributed by atoms with Crippen molar-refractivity contribution in [3.8, 4) is 0 Å². The molecule has 0 bridgehead atoms. The zero-order valence-electron chi connectivity index (χ0n) is 10.9. The molecule has 0 aliphatic heterocycles. The van der Waals surface area contributed by atoms with Gasteiger partial charge in [0, 0.05) is 24.3 Å². The van der Waals surface area contributed by atoms with Crippen LogP contribution in [-0.2, 0) is 0 Å². The Balaban J connectivity index is 2.38. The van der Waals surface area contributed by atoms with Crippen molar-refractivity contribution in [1.29, 1.82) is 0 Å². The number of amides is 1. The van der Waals surface area contributed by atoms with Crippen molar-refractivity contribution in [2.24, 2.45) is 0 Å². The summed E-state index contributed by atoms with van der Waals surface area (Å²) in [5, 5.41) is 14.6. The third-order valence-corrected chi connectivity index (χ3v) is 2.65. The lowest BCUT2D eigenvalue weighted by Crippen LogP contribution is -2.24. The van der Waals surface area contributed by atoms with Crippen molar-refractivity contribution in [3.63, 3.8) is 0 Å². The van der Waals surface area contributed by atoms with E-state index in [0.29, 0.717) is 12.1 Å². The zero-order valence-corrected chi connectivity index (χ0v) is 10.9. The summed E-state index contributed by atoms with van der Waals surface area (Å²) in [7, 11) is 0. The molecule has 1 rings (SSSR count). The number of nitrogens with one attached hydrogen (secondary N) is 2. The van der Waals surface area contributed by atoms with Crippen LogP contribution in [-0.4, -0.2) is 30.7 Å². The first-order valence-electron chi connectivity index (χ1n) is 6.51. The predicted molar refractivity (Wildman–Crippen MR) is 73.9 cm³/mol. The molecule has 1 aromatic rings. The fourth-order valence-electron chi connectivity index (χ4n) is 1.62. The first kappa shape index (κ1) is 14.5. The normalized spacial score (nSPS) is 10.1. The number of carbonyl (C=O) groups excluding carboxylic acids is 1. The molecular weight excluding hydrogens is 228 g/mol. The molecule has 100 valence electrons. The number of hydrogen-bond acceptors (Lipinski definition) is 3. The molecule has 0 saturated heterocycles. The van der Waals surface area contributed by atoms with Gasteiger partial charge in [-0.05, 0) is 30.7 Å². The topological polar surface area (TPSA) is 61.4 Å². The third kappa shape index (κ3) is 5.19. The lowest BCUT2D eigenvalue weighted by Gasteiger charge is -2.07. The highest BCUT2D eigenvalue weighted by Crippen LogP contribution is 2.09. The SMILES string of the molecule is CCCCCNC(=O)c1ccc(NCCO)cc1. The van der Waals surface area contributed by atoms with Crippen LogP contribution in [0.5, 0.6) is 0 Å². The molecule has 0 spiro atoms.